The fourth-order valence-corrected chi connectivity index (χ4v) is 6.13. The molecule has 0 aromatic heterocycles. The van der Waals surface area contributed by atoms with E-state index in [4.69, 9.17) is 16.6 Å². The molecule has 0 spiro atoms. The number of nitrogens with one attached hydrogen (secondary N) is 4. The van der Waals surface area contributed by atoms with Gasteiger partial charge in [0.05, 0.1) is 6.54 Å². The van der Waals surface area contributed by atoms with Crippen molar-refractivity contribution in [1.82, 2.24) is 26.2 Å². The Labute approximate surface area is 307 Å². The number of carbonyl (C=O) groups is 9. The summed E-state index contributed by atoms with van der Waals surface area (Å²) in [4.78, 5) is 119. The lowest BCUT2D eigenvalue weighted by atomic mass is 9.83. The molecule has 3 atom stereocenters. The van der Waals surface area contributed by atoms with Crippen LogP contribution in [0.5, 0.6) is 0 Å². The van der Waals surface area contributed by atoms with Crippen LogP contribution >= 0.6 is 0 Å². The summed E-state index contributed by atoms with van der Waals surface area (Å²) in [6.45, 7) is -1.18. The lowest BCUT2D eigenvalue weighted by molar-refractivity contribution is -0.143. The molecule has 10 N–H and O–H groups in total. The van der Waals surface area contributed by atoms with Gasteiger partial charge < -0.3 is 47.8 Å². The van der Waals surface area contributed by atoms with Crippen LogP contribution in [-0.4, -0.2) is 118 Å². The van der Waals surface area contributed by atoms with Gasteiger partial charge in [0, 0.05) is 36.2 Å². The number of carboxylic acids is 2. The highest BCUT2D eigenvalue weighted by Gasteiger charge is 2.39. The van der Waals surface area contributed by atoms with Crippen molar-refractivity contribution in [1.29, 1.82) is 0 Å². The summed E-state index contributed by atoms with van der Waals surface area (Å²) in [7, 11) is 0. The topological polar surface area (TPSA) is 310 Å². The number of rotatable bonds is 17. The number of nitrogens with two attached hydrogens (primary N) is 2. The monoisotopic (exact) mass is 748 g/mol. The summed E-state index contributed by atoms with van der Waals surface area (Å²) < 4.78 is 0. The number of carbonyl (C=O) groups excluding carboxylic acids is 7. The number of hydrogen-bond acceptors (Lipinski definition) is 10. The Hall–Kier alpha value is -6.66. The fourth-order valence-electron chi connectivity index (χ4n) is 6.13. The van der Waals surface area contributed by atoms with Crippen LogP contribution in [0.3, 0.4) is 0 Å². The number of fused-ring (bicyclic) bond motifs is 3. The third-order valence-corrected chi connectivity index (χ3v) is 8.71. The van der Waals surface area contributed by atoms with Crippen molar-refractivity contribution in [2.75, 3.05) is 26.2 Å². The molecule has 286 valence electrons. The smallest absolute Gasteiger partial charge is 0.322 e. The number of nitrogens with zero attached hydrogens (tertiary/aromatic N) is 2. The predicted molar refractivity (Wildman–Crippen MR) is 189 cm³/mol. The van der Waals surface area contributed by atoms with Gasteiger partial charge >= 0.3 is 11.9 Å². The van der Waals surface area contributed by atoms with E-state index in [0.29, 0.717) is 17.5 Å². The zero-order chi connectivity index (χ0) is 39.5. The van der Waals surface area contributed by atoms with Crippen LogP contribution in [0.2, 0.25) is 0 Å². The molecule has 0 saturated carbocycles. The average molecular weight is 749 g/mol. The highest BCUT2D eigenvalue weighted by molar-refractivity contribution is 6.53. The Kier molecular flexibility index (Phi) is 13.5. The van der Waals surface area contributed by atoms with Gasteiger partial charge in [-0.1, -0.05) is 30.3 Å². The number of benzene rings is 2. The van der Waals surface area contributed by atoms with Crippen LogP contribution in [-0.2, 0) is 28.8 Å². The van der Waals surface area contributed by atoms with Gasteiger partial charge in [-0.15, -0.1) is 0 Å². The molecule has 5 amide bonds. The zero-order valence-electron chi connectivity index (χ0n) is 29.0. The molecule has 2 aromatic carbocycles. The number of aliphatic imine (C=N–C) groups is 1. The summed E-state index contributed by atoms with van der Waals surface area (Å²) in [6, 6.07) is 7.02. The first-order chi connectivity index (χ1) is 25.7. The molecule has 2 aromatic rings. The summed E-state index contributed by atoms with van der Waals surface area (Å²) in [6.07, 6.45) is -0.0985. The van der Waals surface area contributed by atoms with Crippen LogP contribution < -0.4 is 32.7 Å². The van der Waals surface area contributed by atoms with Crippen molar-refractivity contribution in [3.8, 4) is 11.1 Å². The lowest BCUT2D eigenvalue weighted by Gasteiger charge is -2.29. The molecular weight excluding hydrogens is 708 g/mol. The molecular formula is C35H40N8O11. The van der Waals surface area contributed by atoms with E-state index in [2.05, 4.69) is 26.3 Å². The standard InChI is InChI=1S/C35H40N8O11/c36-35(37)38-13-3-7-23(32(52)40-17-28(47)48)42-33(53)25-8-4-14-43(25)34(54)24(11-12-27(45)46)41-26(44)16-39-31(51)18-9-10-20-19-5-1-2-6-21(19)29(49)30(50)22(20)15-18/h1-2,5-6,9-10,15,23-25H,3-4,7-8,11-14,16-17H2,(H,39,51)(H,40,52)(H,41,44)(H,42,53)(H,45,46)(H,47,48)(H4,36,37,38)/t23-,24-,25-/m0/s1. The Bertz CT molecular complexity index is 1890. The van der Waals surface area contributed by atoms with Crippen molar-refractivity contribution >= 4 is 59.0 Å². The molecule has 0 bridgehead atoms. The largest absolute Gasteiger partial charge is 0.481 e. The molecule has 1 saturated heterocycles. The average Bonchev–Trinajstić information content (AvgIpc) is 3.64. The van der Waals surface area contributed by atoms with E-state index in [1.807, 2.05) is 0 Å². The molecule has 19 nitrogen and oxygen atoms in total. The van der Waals surface area contributed by atoms with E-state index in [9.17, 15) is 48.3 Å². The highest BCUT2D eigenvalue weighted by atomic mass is 16.4. The predicted octanol–water partition coefficient (Wildman–Crippen LogP) is -1.46. The minimum absolute atomic E-state index is 0.0160. The Balaban J connectivity index is 1.41. The number of hydrogen-bond donors (Lipinski definition) is 8. The van der Waals surface area contributed by atoms with Gasteiger partial charge in [0.25, 0.3) is 5.91 Å². The van der Waals surface area contributed by atoms with Gasteiger partial charge in [0.15, 0.2) is 5.96 Å². The minimum Gasteiger partial charge on any atom is -0.481 e. The first-order valence-electron chi connectivity index (χ1n) is 17.0. The summed E-state index contributed by atoms with van der Waals surface area (Å²) in [5.74, 6) is -8.18. The molecule has 2 aliphatic rings. The SMILES string of the molecule is NC(N)=NCCC[C@H](NC(=O)[C@@H]1CCCN1C(=O)[C@H](CCC(=O)O)NC(=O)CNC(=O)c1ccc2c(c1)C(=O)C(=O)c1ccccc1-2)C(=O)NCC(=O)O. The van der Waals surface area contributed by atoms with E-state index in [0.717, 1.165) is 4.90 Å². The van der Waals surface area contributed by atoms with Crippen LogP contribution in [0.4, 0.5) is 0 Å². The summed E-state index contributed by atoms with van der Waals surface area (Å²) in [5, 5.41) is 27.8. The normalized spacial score (nSPS) is 15.5. The van der Waals surface area contributed by atoms with Gasteiger partial charge in [0.2, 0.25) is 35.2 Å². The lowest BCUT2D eigenvalue weighted by Crippen LogP contribution is -2.57. The third-order valence-electron chi connectivity index (χ3n) is 8.71. The second-order valence-electron chi connectivity index (χ2n) is 12.5. The van der Waals surface area contributed by atoms with Crippen LogP contribution in [0.15, 0.2) is 47.5 Å². The Morgan fingerprint density at radius 1 is 0.815 bits per heavy atom. The number of likely N-dealkylation sites (tertiary alicyclic amines) is 1. The number of Topliss-reactive ketones (excluding diaryl/α,β-unsaturated/α-hetero) is 2. The highest BCUT2D eigenvalue weighted by Crippen LogP contribution is 2.33. The Morgan fingerprint density at radius 3 is 2.19 bits per heavy atom. The van der Waals surface area contributed by atoms with Crippen LogP contribution in [0.1, 0.15) is 69.6 Å². The molecule has 54 heavy (non-hydrogen) atoms. The first-order valence-corrected chi connectivity index (χ1v) is 17.0. The van der Waals surface area contributed by atoms with Crippen LogP contribution in [0.25, 0.3) is 11.1 Å². The quantitative estimate of drug-likeness (QED) is 0.0398. The number of ketones is 2. The maximum absolute atomic E-state index is 13.7. The van der Waals surface area contributed by atoms with Crippen molar-refractivity contribution < 1.29 is 53.4 Å². The van der Waals surface area contributed by atoms with E-state index in [1.54, 1.807) is 18.2 Å². The molecule has 1 heterocycles. The van der Waals surface area contributed by atoms with Gasteiger partial charge in [-0.2, -0.15) is 0 Å². The number of aliphatic carboxylic acids is 2. The molecule has 0 radical (unpaired) electrons. The van der Waals surface area contributed by atoms with Gasteiger partial charge in [-0.05, 0) is 55.4 Å². The van der Waals surface area contributed by atoms with E-state index in [1.165, 1.54) is 24.3 Å². The molecule has 4 rings (SSSR count). The molecule has 0 unspecified atom stereocenters. The molecule has 19 heteroatoms. The molecule has 1 aliphatic heterocycles. The van der Waals surface area contributed by atoms with Crippen molar-refractivity contribution in [2.24, 2.45) is 16.5 Å². The third kappa shape index (κ3) is 10.2. The summed E-state index contributed by atoms with van der Waals surface area (Å²) in [5.41, 5.74) is 11.9. The second-order valence-corrected chi connectivity index (χ2v) is 12.5. The number of carboxylic acid groups (broad SMARTS) is 2. The van der Waals surface area contributed by atoms with E-state index >= 15 is 0 Å². The number of amides is 5. The first kappa shape index (κ1) is 40.1. The fraction of sp³-hybridized carbons (Fsp3) is 0.371. The van der Waals surface area contributed by atoms with E-state index in [-0.39, 0.29) is 61.4 Å². The zero-order valence-corrected chi connectivity index (χ0v) is 29.0. The molecule has 1 aliphatic carbocycles. The summed E-state index contributed by atoms with van der Waals surface area (Å²) >= 11 is 0. The minimum atomic E-state index is -1.42. The van der Waals surface area contributed by atoms with Gasteiger partial charge in [0.1, 0.15) is 24.7 Å². The maximum Gasteiger partial charge on any atom is 0.322 e. The van der Waals surface area contributed by atoms with Crippen LogP contribution in [0, 0.1) is 0 Å². The van der Waals surface area contributed by atoms with Crippen molar-refractivity contribution in [3.05, 3.63) is 59.2 Å². The maximum atomic E-state index is 13.7. The van der Waals surface area contributed by atoms with Gasteiger partial charge in [-0.25, -0.2) is 0 Å². The second kappa shape index (κ2) is 18.2. The van der Waals surface area contributed by atoms with Gasteiger partial charge in [-0.3, -0.25) is 48.1 Å². The molecule has 1 fully saturated rings. The van der Waals surface area contributed by atoms with E-state index < -0.39 is 90.7 Å². The van der Waals surface area contributed by atoms with Crippen molar-refractivity contribution in [2.45, 2.75) is 56.7 Å². The van der Waals surface area contributed by atoms with Crippen molar-refractivity contribution in [3.63, 3.8) is 0 Å². The Morgan fingerprint density at radius 2 is 1.50 bits per heavy atom. The number of guanidine groups is 1.